The van der Waals surface area contributed by atoms with Crippen LogP contribution in [-0.4, -0.2) is 53.2 Å². The van der Waals surface area contributed by atoms with Crippen molar-refractivity contribution in [1.82, 2.24) is 14.5 Å². The van der Waals surface area contributed by atoms with Gasteiger partial charge in [-0.3, -0.25) is 4.79 Å². The van der Waals surface area contributed by atoms with Gasteiger partial charge in [0.1, 0.15) is 5.82 Å². The minimum atomic E-state index is -0.207. The molecule has 204 valence electrons. The lowest BCUT2D eigenvalue weighted by Gasteiger charge is -2.33. The monoisotopic (exact) mass is 524 g/mol. The molecule has 3 aromatic carbocycles. The number of nitrogens with two attached hydrogens (primary N) is 1. The molecular formula is C33H40N4O2. The van der Waals surface area contributed by atoms with Crippen LogP contribution < -0.4 is 5.73 Å². The van der Waals surface area contributed by atoms with E-state index in [4.69, 9.17) is 15.5 Å². The quantitative estimate of drug-likeness (QED) is 0.270. The van der Waals surface area contributed by atoms with Gasteiger partial charge in [-0.05, 0) is 61.4 Å². The topological polar surface area (TPSA) is 73.4 Å². The van der Waals surface area contributed by atoms with Crippen molar-refractivity contribution >= 4 is 16.9 Å². The fourth-order valence-electron chi connectivity index (χ4n) is 5.81. The number of piperidine rings is 1. The molecule has 1 fully saturated rings. The molecule has 1 saturated heterocycles. The zero-order chi connectivity index (χ0) is 27.2. The number of aryl methyl sites for hydroxylation is 2. The lowest BCUT2D eigenvalue weighted by molar-refractivity contribution is -0.132. The second-order valence-electron chi connectivity index (χ2n) is 10.9. The molecule has 0 saturated carbocycles. The van der Waals surface area contributed by atoms with Crippen molar-refractivity contribution in [1.29, 1.82) is 0 Å². The van der Waals surface area contributed by atoms with Gasteiger partial charge in [-0.25, -0.2) is 4.98 Å². The van der Waals surface area contributed by atoms with Crippen LogP contribution in [0.1, 0.15) is 48.6 Å². The van der Waals surface area contributed by atoms with Crippen LogP contribution in [0.15, 0.2) is 72.8 Å². The van der Waals surface area contributed by atoms with E-state index in [1.54, 1.807) is 7.11 Å². The van der Waals surface area contributed by atoms with E-state index in [-0.39, 0.29) is 17.9 Å². The third kappa shape index (κ3) is 6.57. The predicted octanol–water partition coefficient (Wildman–Crippen LogP) is 5.71. The van der Waals surface area contributed by atoms with Crippen molar-refractivity contribution in [2.24, 2.45) is 5.73 Å². The van der Waals surface area contributed by atoms with Crippen molar-refractivity contribution in [2.75, 3.05) is 26.8 Å². The van der Waals surface area contributed by atoms with Gasteiger partial charge in [0, 0.05) is 51.7 Å². The zero-order valence-electron chi connectivity index (χ0n) is 23.2. The molecule has 0 aliphatic carbocycles. The predicted molar refractivity (Wildman–Crippen MR) is 158 cm³/mol. The summed E-state index contributed by atoms with van der Waals surface area (Å²) in [7, 11) is 1.74. The zero-order valence-corrected chi connectivity index (χ0v) is 23.2. The van der Waals surface area contributed by atoms with E-state index in [2.05, 4.69) is 78.2 Å². The summed E-state index contributed by atoms with van der Waals surface area (Å²) in [5, 5.41) is 0. The number of rotatable bonds is 10. The van der Waals surface area contributed by atoms with Crippen LogP contribution >= 0.6 is 0 Å². The van der Waals surface area contributed by atoms with E-state index in [1.807, 2.05) is 11.0 Å². The summed E-state index contributed by atoms with van der Waals surface area (Å²) in [6, 6.07) is 25.2. The molecule has 2 atom stereocenters. The van der Waals surface area contributed by atoms with Gasteiger partial charge < -0.3 is 19.9 Å². The standard InChI is InChI=1S/C33H40N4O2/c1-24-8-5-9-27(20-24)26-15-13-25(14-16-26)21-29(34)22-32(38)36-17-6-10-28(23-36)33-35-30-11-3-4-12-31(30)37(33)18-7-19-39-2/h3-5,8-9,11-16,20,28-29H,6-7,10,17-19,21-23,34H2,1-2H3/t28-,29-/m1/s1. The molecule has 0 unspecified atom stereocenters. The SMILES string of the molecule is COCCCn1c([C@@H]2CCCN(C(=O)C[C@H](N)Cc3ccc(-c4cccc(C)c4)cc3)C2)nc2ccccc21. The average molecular weight is 525 g/mol. The Morgan fingerprint density at radius 1 is 1.08 bits per heavy atom. The summed E-state index contributed by atoms with van der Waals surface area (Å²) in [5.74, 6) is 1.46. The summed E-state index contributed by atoms with van der Waals surface area (Å²) in [4.78, 5) is 20.3. The highest BCUT2D eigenvalue weighted by Crippen LogP contribution is 2.30. The molecule has 0 radical (unpaired) electrons. The molecule has 0 spiro atoms. The Morgan fingerprint density at radius 2 is 1.90 bits per heavy atom. The van der Waals surface area contributed by atoms with Crippen LogP contribution in [0.2, 0.25) is 0 Å². The Morgan fingerprint density at radius 3 is 2.69 bits per heavy atom. The van der Waals surface area contributed by atoms with E-state index in [9.17, 15) is 4.79 Å². The van der Waals surface area contributed by atoms with Crippen LogP contribution in [-0.2, 0) is 22.5 Å². The molecule has 2 heterocycles. The Balaban J connectivity index is 1.21. The number of hydrogen-bond acceptors (Lipinski definition) is 4. The Kier molecular flexibility index (Phi) is 8.74. The van der Waals surface area contributed by atoms with Crippen molar-refractivity contribution in [3.05, 3.63) is 89.7 Å². The minimum Gasteiger partial charge on any atom is -0.385 e. The maximum absolute atomic E-state index is 13.3. The highest BCUT2D eigenvalue weighted by molar-refractivity contribution is 5.78. The lowest BCUT2D eigenvalue weighted by atomic mass is 9.95. The molecule has 2 N–H and O–H groups in total. The first kappa shape index (κ1) is 27.1. The van der Waals surface area contributed by atoms with Crippen LogP contribution in [0.4, 0.5) is 0 Å². The van der Waals surface area contributed by atoms with E-state index >= 15 is 0 Å². The van der Waals surface area contributed by atoms with Gasteiger partial charge in [-0.1, -0.05) is 66.2 Å². The Bertz CT molecular complexity index is 1390. The lowest BCUT2D eigenvalue weighted by Crippen LogP contribution is -2.42. The van der Waals surface area contributed by atoms with Gasteiger partial charge in [-0.2, -0.15) is 0 Å². The second kappa shape index (κ2) is 12.6. The third-order valence-corrected chi connectivity index (χ3v) is 7.79. The largest absolute Gasteiger partial charge is 0.385 e. The Labute approximate surface area is 231 Å². The highest BCUT2D eigenvalue weighted by Gasteiger charge is 2.29. The van der Waals surface area contributed by atoms with E-state index in [0.29, 0.717) is 26.0 Å². The fourth-order valence-corrected chi connectivity index (χ4v) is 5.81. The number of aromatic nitrogens is 2. The number of benzene rings is 3. The normalized spacial score (nSPS) is 16.5. The summed E-state index contributed by atoms with van der Waals surface area (Å²) in [6.45, 7) is 5.18. The molecule has 6 heteroatoms. The first-order chi connectivity index (χ1) is 19.0. The van der Waals surface area contributed by atoms with E-state index < -0.39 is 0 Å². The number of amides is 1. The van der Waals surface area contributed by atoms with E-state index in [0.717, 1.165) is 54.8 Å². The molecule has 1 aromatic heterocycles. The maximum atomic E-state index is 13.3. The number of carbonyl (C=O) groups is 1. The van der Waals surface area contributed by atoms with Crippen LogP contribution in [0.25, 0.3) is 22.2 Å². The number of fused-ring (bicyclic) bond motifs is 1. The number of carbonyl (C=O) groups excluding carboxylic acids is 1. The Hall–Kier alpha value is -3.48. The molecular weight excluding hydrogens is 484 g/mol. The van der Waals surface area contributed by atoms with Crippen LogP contribution in [0.3, 0.4) is 0 Å². The van der Waals surface area contributed by atoms with Gasteiger partial charge in [0.25, 0.3) is 0 Å². The van der Waals surface area contributed by atoms with Crippen molar-refractivity contribution in [3.63, 3.8) is 0 Å². The van der Waals surface area contributed by atoms with Gasteiger partial charge in [0.15, 0.2) is 0 Å². The van der Waals surface area contributed by atoms with Gasteiger partial charge in [-0.15, -0.1) is 0 Å². The highest BCUT2D eigenvalue weighted by atomic mass is 16.5. The number of likely N-dealkylation sites (tertiary alicyclic amines) is 1. The minimum absolute atomic E-state index is 0.144. The second-order valence-corrected chi connectivity index (χ2v) is 10.9. The van der Waals surface area contributed by atoms with Crippen LogP contribution in [0.5, 0.6) is 0 Å². The van der Waals surface area contributed by atoms with Crippen molar-refractivity contribution in [2.45, 2.75) is 57.5 Å². The molecule has 6 nitrogen and oxygen atoms in total. The van der Waals surface area contributed by atoms with E-state index in [1.165, 1.54) is 16.7 Å². The number of ether oxygens (including phenoxy) is 1. The smallest absolute Gasteiger partial charge is 0.224 e. The third-order valence-electron chi connectivity index (χ3n) is 7.79. The summed E-state index contributed by atoms with van der Waals surface area (Å²) in [6.07, 6.45) is 3.99. The molecule has 4 aromatic rings. The number of methoxy groups -OCH3 is 1. The van der Waals surface area contributed by atoms with Gasteiger partial charge in [0.05, 0.1) is 11.0 Å². The summed E-state index contributed by atoms with van der Waals surface area (Å²) < 4.78 is 7.63. The molecule has 5 rings (SSSR count). The van der Waals surface area contributed by atoms with Crippen molar-refractivity contribution < 1.29 is 9.53 Å². The average Bonchev–Trinajstić information content (AvgIpc) is 3.32. The number of nitrogens with zero attached hydrogens (tertiary/aromatic N) is 3. The van der Waals surface area contributed by atoms with Gasteiger partial charge >= 0.3 is 0 Å². The fraction of sp³-hybridized carbons (Fsp3) is 0.394. The summed E-state index contributed by atoms with van der Waals surface area (Å²) in [5.41, 5.74) is 13.5. The first-order valence-electron chi connectivity index (χ1n) is 14.1. The number of hydrogen-bond donors (Lipinski definition) is 1. The molecule has 1 amide bonds. The molecule has 0 bridgehead atoms. The maximum Gasteiger partial charge on any atom is 0.224 e. The number of imidazole rings is 1. The summed E-state index contributed by atoms with van der Waals surface area (Å²) >= 11 is 0. The molecule has 1 aliphatic rings. The number of para-hydroxylation sites is 2. The molecule has 39 heavy (non-hydrogen) atoms. The molecule has 1 aliphatic heterocycles. The van der Waals surface area contributed by atoms with Gasteiger partial charge in [0.2, 0.25) is 5.91 Å². The van der Waals surface area contributed by atoms with Crippen molar-refractivity contribution in [3.8, 4) is 11.1 Å². The van der Waals surface area contributed by atoms with Crippen LogP contribution in [0, 0.1) is 6.92 Å². The first-order valence-corrected chi connectivity index (χ1v) is 14.1.